The molecule has 0 atom stereocenters. The molecule has 0 aliphatic rings. The van der Waals surface area contributed by atoms with Gasteiger partial charge in [0.25, 0.3) is 5.91 Å². The number of aryl methyl sites for hydroxylation is 1. The maximum absolute atomic E-state index is 13.6. The van der Waals surface area contributed by atoms with E-state index in [1.54, 1.807) is 12.1 Å². The van der Waals surface area contributed by atoms with E-state index in [4.69, 9.17) is 6.42 Å². The van der Waals surface area contributed by atoms with Crippen LogP contribution in [0.4, 0.5) is 4.39 Å². The highest BCUT2D eigenvalue weighted by molar-refractivity contribution is 5.94. The Labute approximate surface area is 101 Å². The molecule has 0 fully saturated rings. The first kappa shape index (κ1) is 13.2. The number of carbonyl (C=O) groups excluding carboxylic acids is 1. The van der Waals surface area contributed by atoms with Crippen LogP contribution in [-0.2, 0) is 0 Å². The van der Waals surface area contributed by atoms with E-state index < -0.39 is 5.82 Å². The number of hydrogen-bond acceptors (Lipinski definition) is 1. The third-order valence-corrected chi connectivity index (χ3v) is 2.42. The van der Waals surface area contributed by atoms with Crippen molar-refractivity contribution in [3.63, 3.8) is 0 Å². The topological polar surface area (TPSA) is 20.3 Å². The van der Waals surface area contributed by atoms with Gasteiger partial charge in [-0.1, -0.05) is 24.5 Å². The molecule has 1 amide bonds. The molecule has 0 aromatic heterocycles. The lowest BCUT2D eigenvalue weighted by Gasteiger charge is -2.19. The summed E-state index contributed by atoms with van der Waals surface area (Å²) in [6, 6.07) is 4.50. The van der Waals surface area contributed by atoms with Crippen molar-refractivity contribution in [1.29, 1.82) is 0 Å². The highest BCUT2D eigenvalue weighted by atomic mass is 19.1. The van der Waals surface area contributed by atoms with Gasteiger partial charge in [0.1, 0.15) is 5.82 Å². The van der Waals surface area contributed by atoms with Crippen molar-refractivity contribution in [2.24, 2.45) is 0 Å². The monoisotopic (exact) mass is 233 g/mol. The van der Waals surface area contributed by atoms with Crippen LogP contribution in [0, 0.1) is 25.1 Å². The number of hydrogen-bond donors (Lipinski definition) is 0. The number of rotatable bonds is 4. The van der Waals surface area contributed by atoms with E-state index in [0.29, 0.717) is 6.54 Å². The zero-order chi connectivity index (χ0) is 12.8. The van der Waals surface area contributed by atoms with Gasteiger partial charge in [0.05, 0.1) is 12.1 Å². The molecule has 17 heavy (non-hydrogen) atoms. The van der Waals surface area contributed by atoms with Crippen LogP contribution >= 0.6 is 0 Å². The van der Waals surface area contributed by atoms with Crippen LogP contribution in [0.1, 0.15) is 29.3 Å². The fourth-order valence-corrected chi connectivity index (χ4v) is 1.61. The minimum atomic E-state index is -0.501. The van der Waals surface area contributed by atoms with Crippen LogP contribution in [-0.4, -0.2) is 23.9 Å². The highest BCUT2D eigenvalue weighted by Crippen LogP contribution is 2.13. The average Bonchev–Trinajstić information content (AvgIpc) is 2.31. The summed E-state index contributed by atoms with van der Waals surface area (Å²) in [4.78, 5) is 13.6. The quantitative estimate of drug-likeness (QED) is 0.732. The summed E-state index contributed by atoms with van der Waals surface area (Å²) in [5, 5.41) is 0. The lowest BCUT2D eigenvalue weighted by molar-refractivity contribution is 0.0772. The van der Waals surface area contributed by atoms with Crippen molar-refractivity contribution >= 4 is 5.91 Å². The standard InChI is InChI=1S/C14H16FNO/c1-4-8-16(9-5-2)14(17)12-10-11(3)6-7-13(12)15/h1,6-7,10H,5,8-9H2,2-3H3. The first-order valence-corrected chi connectivity index (χ1v) is 5.59. The van der Waals surface area contributed by atoms with Crippen LogP contribution in [0.2, 0.25) is 0 Å². The van der Waals surface area contributed by atoms with Crippen molar-refractivity contribution < 1.29 is 9.18 Å². The SMILES string of the molecule is C#CCN(CCC)C(=O)c1cc(C)ccc1F. The van der Waals surface area contributed by atoms with Gasteiger partial charge in [-0.15, -0.1) is 6.42 Å². The molecule has 2 nitrogen and oxygen atoms in total. The number of carbonyl (C=O) groups is 1. The summed E-state index contributed by atoms with van der Waals surface area (Å²) in [7, 11) is 0. The van der Waals surface area contributed by atoms with Gasteiger partial charge < -0.3 is 4.90 Å². The number of nitrogens with zero attached hydrogens (tertiary/aromatic N) is 1. The molecule has 0 unspecified atom stereocenters. The number of benzene rings is 1. The Morgan fingerprint density at radius 1 is 1.53 bits per heavy atom. The molecule has 1 aromatic carbocycles. The molecule has 0 bridgehead atoms. The summed E-state index contributed by atoms with van der Waals surface area (Å²) in [5.74, 6) is 1.58. The summed E-state index contributed by atoms with van der Waals surface area (Å²) < 4.78 is 13.6. The van der Waals surface area contributed by atoms with Crippen LogP contribution in [0.3, 0.4) is 0 Å². The predicted octanol–water partition coefficient (Wildman–Crippen LogP) is 2.62. The van der Waals surface area contributed by atoms with Crippen molar-refractivity contribution in [3.8, 4) is 12.3 Å². The second-order valence-electron chi connectivity index (χ2n) is 3.91. The number of terminal acetylenes is 1. The Morgan fingerprint density at radius 3 is 2.82 bits per heavy atom. The smallest absolute Gasteiger partial charge is 0.257 e. The average molecular weight is 233 g/mol. The van der Waals surface area contributed by atoms with Gasteiger partial charge in [-0.05, 0) is 25.5 Å². The van der Waals surface area contributed by atoms with Crippen molar-refractivity contribution in [2.45, 2.75) is 20.3 Å². The Hall–Kier alpha value is -1.82. The zero-order valence-corrected chi connectivity index (χ0v) is 10.2. The summed E-state index contributed by atoms with van der Waals surface area (Å²) >= 11 is 0. The number of amides is 1. The van der Waals surface area contributed by atoms with E-state index in [9.17, 15) is 9.18 Å². The molecule has 0 aliphatic heterocycles. The molecular formula is C14H16FNO. The lowest BCUT2D eigenvalue weighted by atomic mass is 10.1. The minimum Gasteiger partial charge on any atom is -0.327 e. The van der Waals surface area contributed by atoms with E-state index in [1.165, 1.54) is 11.0 Å². The third-order valence-electron chi connectivity index (χ3n) is 2.42. The van der Waals surface area contributed by atoms with E-state index in [1.807, 2.05) is 13.8 Å². The molecule has 0 N–H and O–H groups in total. The van der Waals surface area contributed by atoms with Gasteiger partial charge in [-0.3, -0.25) is 4.79 Å². The molecule has 0 saturated carbocycles. The van der Waals surface area contributed by atoms with E-state index in [-0.39, 0.29) is 18.0 Å². The Kier molecular flexibility index (Phi) is 4.71. The summed E-state index contributed by atoms with van der Waals surface area (Å²) in [6.07, 6.45) is 6.00. The van der Waals surface area contributed by atoms with Crippen LogP contribution in [0.15, 0.2) is 18.2 Å². The molecule has 3 heteroatoms. The summed E-state index contributed by atoms with van der Waals surface area (Å²) in [5.41, 5.74) is 0.945. The van der Waals surface area contributed by atoms with Gasteiger partial charge >= 0.3 is 0 Å². The van der Waals surface area contributed by atoms with E-state index in [0.717, 1.165) is 12.0 Å². The predicted molar refractivity (Wildman–Crippen MR) is 66.2 cm³/mol. The fraction of sp³-hybridized carbons (Fsp3) is 0.357. The van der Waals surface area contributed by atoms with Crippen molar-refractivity contribution in [2.75, 3.05) is 13.1 Å². The molecule has 1 rings (SSSR count). The van der Waals surface area contributed by atoms with Gasteiger partial charge in [-0.2, -0.15) is 0 Å². The van der Waals surface area contributed by atoms with Crippen LogP contribution < -0.4 is 0 Å². The van der Waals surface area contributed by atoms with E-state index in [2.05, 4.69) is 5.92 Å². The first-order chi connectivity index (χ1) is 8.10. The van der Waals surface area contributed by atoms with Gasteiger partial charge in [-0.25, -0.2) is 4.39 Å². The minimum absolute atomic E-state index is 0.0914. The van der Waals surface area contributed by atoms with Gasteiger partial charge in [0, 0.05) is 6.54 Å². The first-order valence-electron chi connectivity index (χ1n) is 5.59. The molecule has 0 spiro atoms. The molecule has 0 saturated heterocycles. The molecule has 0 radical (unpaired) electrons. The number of halogens is 1. The maximum atomic E-state index is 13.6. The largest absolute Gasteiger partial charge is 0.327 e. The van der Waals surface area contributed by atoms with E-state index >= 15 is 0 Å². The second kappa shape index (κ2) is 6.05. The van der Waals surface area contributed by atoms with Gasteiger partial charge in [0.2, 0.25) is 0 Å². The maximum Gasteiger partial charge on any atom is 0.257 e. The van der Waals surface area contributed by atoms with Gasteiger partial charge in [0.15, 0.2) is 0 Å². The Bertz CT molecular complexity index is 448. The molecule has 90 valence electrons. The third kappa shape index (κ3) is 3.32. The second-order valence-corrected chi connectivity index (χ2v) is 3.91. The van der Waals surface area contributed by atoms with Crippen LogP contribution in [0.25, 0.3) is 0 Å². The highest BCUT2D eigenvalue weighted by Gasteiger charge is 2.17. The fourth-order valence-electron chi connectivity index (χ4n) is 1.61. The Balaban J connectivity index is 3.00. The van der Waals surface area contributed by atoms with Crippen molar-refractivity contribution in [3.05, 3.63) is 35.1 Å². The molecule has 0 heterocycles. The van der Waals surface area contributed by atoms with Crippen molar-refractivity contribution in [1.82, 2.24) is 4.90 Å². The lowest BCUT2D eigenvalue weighted by Crippen LogP contribution is -2.32. The summed E-state index contributed by atoms with van der Waals surface area (Å²) in [6.45, 7) is 4.52. The zero-order valence-electron chi connectivity index (χ0n) is 10.2. The molecular weight excluding hydrogens is 217 g/mol. The Morgan fingerprint density at radius 2 is 2.24 bits per heavy atom. The molecule has 1 aromatic rings. The normalized spacial score (nSPS) is 9.76. The molecule has 0 aliphatic carbocycles. The van der Waals surface area contributed by atoms with Crippen LogP contribution in [0.5, 0.6) is 0 Å².